The van der Waals surface area contributed by atoms with Crippen LogP contribution in [-0.2, 0) is 0 Å². The maximum absolute atomic E-state index is 11.1. The van der Waals surface area contributed by atoms with E-state index < -0.39 is 4.92 Å². The molecule has 0 spiro atoms. The third-order valence-electron chi connectivity index (χ3n) is 5.76. The van der Waals surface area contributed by atoms with Gasteiger partial charge in [0.2, 0.25) is 4.80 Å². The lowest BCUT2D eigenvalue weighted by molar-refractivity contribution is -0.384. The van der Waals surface area contributed by atoms with E-state index in [-0.39, 0.29) is 5.69 Å². The van der Waals surface area contributed by atoms with Crippen LogP contribution in [0.2, 0.25) is 0 Å². The number of nitro benzene ring substituents is 1. The summed E-state index contributed by atoms with van der Waals surface area (Å²) < 4.78 is 2.76. The molecule has 2 aromatic heterocycles. The average Bonchev–Trinajstić information content (AvgIpc) is 3.43. The summed E-state index contributed by atoms with van der Waals surface area (Å²) in [6, 6.07) is 18.6. The molecule has 9 heteroatoms. The van der Waals surface area contributed by atoms with E-state index in [1.165, 1.54) is 29.0 Å². The van der Waals surface area contributed by atoms with Crippen LogP contribution in [0, 0.1) is 24.0 Å². The van der Waals surface area contributed by atoms with E-state index in [2.05, 4.69) is 40.8 Å². The monoisotopic (exact) mass is 545 g/mol. The van der Waals surface area contributed by atoms with Gasteiger partial charge in [0.25, 0.3) is 5.69 Å². The Labute approximate surface area is 213 Å². The van der Waals surface area contributed by atoms with Gasteiger partial charge in [0.1, 0.15) is 0 Å². The van der Waals surface area contributed by atoms with Crippen molar-refractivity contribution in [3.05, 3.63) is 108 Å². The van der Waals surface area contributed by atoms with Crippen molar-refractivity contribution in [2.24, 2.45) is 10.1 Å². The first-order chi connectivity index (χ1) is 16.9. The largest absolute Gasteiger partial charge is 0.361 e. The van der Waals surface area contributed by atoms with E-state index >= 15 is 0 Å². The summed E-state index contributed by atoms with van der Waals surface area (Å²) in [5.41, 5.74) is 6.81. The van der Waals surface area contributed by atoms with Crippen molar-refractivity contribution in [1.29, 1.82) is 0 Å². The number of hydrogen-bond donors (Lipinski definition) is 1. The summed E-state index contributed by atoms with van der Waals surface area (Å²) in [5.74, 6) is 0. The Bertz CT molecular complexity index is 1660. The van der Waals surface area contributed by atoms with Gasteiger partial charge in [-0.25, -0.2) is 9.67 Å². The number of hydrogen-bond acceptors (Lipinski definition) is 5. The SMILES string of the molecule is Cc1ccc(N=c2scc(-c3ccc([N+](=O)[O-])cc3)n2N=Cc2c[nH]c3ccc(Br)cc23)cc1C. The Balaban J connectivity index is 1.64. The first kappa shape index (κ1) is 22.9. The van der Waals surface area contributed by atoms with Crippen molar-refractivity contribution in [2.75, 3.05) is 0 Å². The topological polar surface area (TPSA) is 88.6 Å². The molecule has 174 valence electrons. The average molecular weight is 546 g/mol. The number of thiazole rings is 1. The second-order valence-electron chi connectivity index (χ2n) is 8.08. The number of nitro groups is 1. The molecule has 0 amide bonds. The maximum Gasteiger partial charge on any atom is 0.269 e. The molecule has 0 aliphatic carbocycles. The highest BCUT2D eigenvalue weighted by Crippen LogP contribution is 2.25. The smallest absolute Gasteiger partial charge is 0.269 e. The molecule has 35 heavy (non-hydrogen) atoms. The van der Waals surface area contributed by atoms with Gasteiger partial charge in [-0.05, 0) is 67.4 Å². The van der Waals surface area contributed by atoms with Crippen LogP contribution in [-0.4, -0.2) is 20.8 Å². The van der Waals surface area contributed by atoms with Gasteiger partial charge in [-0.1, -0.05) is 22.0 Å². The minimum atomic E-state index is -0.404. The van der Waals surface area contributed by atoms with Crippen molar-refractivity contribution < 1.29 is 4.92 Å². The third-order valence-corrected chi connectivity index (χ3v) is 7.07. The molecular formula is C26H20BrN5O2S. The van der Waals surface area contributed by atoms with Crippen LogP contribution in [0.4, 0.5) is 11.4 Å². The third kappa shape index (κ3) is 4.73. The molecule has 0 unspecified atom stereocenters. The van der Waals surface area contributed by atoms with E-state index in [0.717, 1.165) is 43.4 Å². The van der Waals surface area contributed by atoms with Gasteiger partial charge >= 0.3 is 0 Å². The van der Waals surface area contributed by atoms with Crippen LogP contribution in [0.5, 0.6) is 0 Å². The van der Waals surface area contributed by atoms with Crippen molar-refractivity contribution in [2.45, 2.75) is 13.8 Å². The number of benzene rings is 3. The Morgan fingerprint density at radius 1 is 1.06 bits per heavy atom. The molecular weight excluding hydrogens is 526 g/mol. The first-order valence-electron chi connectivity index (χ1n) is 10.8. The van der Waals surface area contributed by atoms with Crippen molar-refractivity contribution >= 4 is 55.8 Å². The molecule has 0 saturated carbocycles. The number of H-pyrrole nitrogens is 1. The fourth-order valence-corrected chi connectivity index (χ4v) is 4.91. The predicted octanol–water partition coefficient (Wildman–Crippen LogP) is 7.10. The zero-order chi connectivity index (χ0) is 24.5. The lowest BCUT2D eigenvalue weighted by Gasteiger charge is -2.04. The van der Waals surface area contributed by atoms with Crippen LogP contribution in [0.3, 0.4) is 0 Å². The molecule has 1 N–H and O–H groups in total. The summed E-state index contributed by atoms with van der Waals surface area (Å²) in [6.45, 7) is 4.13. The van der Waals surface area contributed by atoms with Crippen molar-refractivity contribution in [1.82, 2.24) is 9.66 Å². The highest BCUT2D eigenvalue weighted by atomic mass is 79.9. The minimum Gasteiger partial charge on any atom is -0.361 e. The van der Waals surface area contributed by atoms with Gasteiger partial charge in [0.05, 0.1) is 22.5 Å². The molecule has 3 aromatic carbocycles. The second kappa shape index (κ2) is 9.44. The maximum atomic E-state index is 11.1. The Morgan fingerprint density at radius 3 is 2.60 bits per heavy atom. The number of halogens is 1. The van der Waals surface area contributed by atoms with Crippen LogP contribution in [0.25, 0.3) is 22.2 Å². The van der Waals surface area contributed by atoms with Crippen LogP contribution >= 0.6 is 27.3 Å². The molecule has 0 saturated heterocycles. The molecule has 0 atom stereocenters. The van der Waals surface area contributed by atoms with E-state index in [0.29, 0.717) is 4.80 Å². The van der Waals surface area contributed by atoms with Gasteiger partial charge in [-0.3, -0.25) is 10.1 Å². The number of aromatic amines is 1. The number of aromatic nitrogens is 2. The standard InChI is InChI=1S/C26H20BrN5O2S/c1-16-3-7-21(11-17(16)2)30-26-31(25(15-35-26)18-4-8-22(9-5-18)32(33)34)29-14-19-13-28-24-10-6-20(27)12-23(19)24/h3-15,28H,1-2H3. The number of nitrogens with one attached hydrogen (secondary N) is 1. The second-order valence-corrected chi connectivity index (χ2v) is 9.83. The Kier molecular flexibility index (Phi) is 6.19. The molecule has 0 aliphatic heterocycles. The highest BCUT2D eigenvalue weighted by Gasteiger charge is 2.11. The van der Waals surface area contributed by atoms with Gasteiger partial charge in [-0.2, -0.15) is 5.10 Å². The zero-order valence-corrected chi connectivity index (χ0v) is 21.3. The Morgan fingerprint density at radius 2 is 1.86 bits per heavy atom. The molecule has 0 aliphatic rings. The highest BCUT2D eigenvalue weighted by molar-refractivity contribution is 9.10. The fraction of sp³-hybridized carbons (Fsp3) is 0.0769. The summed E-state index contributed by atoms with van der Waals surface area (Å²) in [6.07, 6.45) is 3.71. The van der Waals surface area contributed by atoms with Crippen LogP contribution in [0.15, 0.2) is 86.8 Å². The van der Waals surface area contributed by atoms with Crippen molar-refractivity contribution in [3.63, 3.8) is 0 Å². The first-order valence-corrected chi connectivity index (χ1v) is 12.4. The molecule has 5 rings (SSSR count). The van der Waals surface area contributed by atoms with Gasteiger partial charge in [0, 0.05) is 50.2 Å². The van der Waals surface area contributed by atoms with Crippen LogP contribution in [0.1, 0.15) is 16.7 Å². The molecule has 2 heterocycles. The van der Waals surface area contributed by atoms with E-state index in [4.69, 9.17) is 10.1 Å². The lowest BCUT2D eigenvalue weighted by Crippen LogP contribution is -2.11. The van der Waals surface area contributed by atoms with Gasteiger partial charge in [0.15, 0.2) is 0 Å². The fourth-order valence-electron chi connectivity index (χ4n) is 3.69. The Hall–Kier alpha value is -3.82. The lowest BCUT2D eigenvalue weighted by atomic mass is 10.1. The number of fused-ring (bicyclic) bond motifs is 1. The van der Waals surface area contributed by atoms with Gasteiger partial charge in [-0.15, -0.1) is 11.3 Å². The van der Waals surface area contributed by atoms with E-state index in [9.17, 15) is 10.1 Å². The summed E-state index contributed by atoms with van der Waals surface area (Å²) >= 11 is 5.00. The molecule has 5 aromatic rings. The van der Waals surface area contributed by atoms with E-state index in [1.807, 2.05) is 41.9 Å². The predicted molar refractivity (Wildman–Crippen MR) is 145 cm³/mol. The van der Waals surface area contributed by atoms with Crippen molar-refractivity contribution in [3.8, 4) is 11.3 Å². The quantitative estimate of drug-likeness (QED) is 0.145. The normalized spacial score (nSPS) is 12.1. The summed E-state index contributed by atoms with van der Waals surface area (Å²) in [4.78, 5) is 19.5. The molecule has 0 fully saturated rings. The minimum absolute atomic E-state index is 0.0449. The zero-order valence-electron chi connectivity index (χ0n) is 18.9. The number of rotatable bonds is 5. The molecule has 0 bridgehead atoms. The van der Waals surface area contributed by atoms with Gasteiger partial charge < -0.3 is 4.98 Å². The number of non-ortho nitro benzene ring substituents is 1. The summed E-state index contributed by atoms with van der Waals surface area (Å²) in [5, 5.41) is 18.9. The number of aryl methyl sites for hydroxylation is 2. The molecule has 0 radical (unpaired) electrons. The number of nitrogens with zero attached hydrogens (tertiary/aromatic N) is 4. The van der Waals surface area contributed by atoms with E-state index in [1.54, 1.807) is 23.0 Å². The van der Waals surface area contributed by atoms with Crippen LogP contribution < -0.4 is 4.80 Å². The summed E-state index contributed by atoms with van der Waals surface area (Å²) in [7, 11) is 0. The molecule has 7 nitrogen and oxygen atoms in total.